The van der Waals surface area contributed by atoms with Crippen molar-refractivity contribution >= 4 is 29.8 Å². The lowest BCUT2D eigenvalue weighted by atomic mass is 10.1. The van der Waals surface area contributed by atoms with Crippen LogP contribution in [0.25, 0.3) is 0 Å². The molecule has 0 atom stereocenters. The van der Waals surface area contributed by atoms with Crippen molar-refractivity contribution in [3.05, 3.63) is 60.2 Å². The molecule has 2 aromatic carbocycles. The topological polar surface area (TPSA) is 104 Å². The van der Waals surface area contributed by atoms with E-state index >= 15 is 0 Å². The molecular weight excluding hydrogens is 400 g/mol. The van der Waals surface area contributed by atoms with Gasteiger partial charge in [-0.1, -0.05) is 42.1 Å². The summed E-state index contributed by atoms with van der Waals surface area (Å²) in [4.78, 5) is 16.1. The van der Waals surface area contributed by atoms with E-state index in [4.69, 9.17) is 4.74 Å². The van der Waals surface area contributed by atoms with Crippen LogP contribution in [-0.2, 0) is 4.79 Å². The van der Waals surface area contributed by atoms with E-state index in [0.717, 1.165) is 17.1 Å². The second kappa shape index (κ2) is 9.93. The van der Waals surface area contributed by atoms with Gasteiger partial charge in [-0.15, -0.1) is 5.10 Å². The van der Waals surface area contributed by atoms with Crippen molar-refractivity contribution in [2.45, 2.75) is 31.5 Å². The molecule has 0 aliphatic rings. The predicted octanol–water partition coefficient (Wildman–Crippen LogP) is 4.05. The van der Waals surface area contributed by atoms with Gasteiger partial charge in [-0.25, -0.2) is 10.5 Å². The number of amides is 1. The van der Waals surface area contributed by atoms with Crippen LogP contribution in [0, 0.1) is 0 Å². The minimum atomic E-state index is -0.262. The Kier molecular flexibility index (Phi) is 7.08. The van der Waals surface area contributed by atoms with Gasteiger partial charge in [0.05, 0.1) is 12.0 Å². The standard InChI is InChI=1S/C21H24N6O2S/c1-21(2,3)24-18(28)14-30-20-23-19(26-27-20)25-22-13-15-8-7-11-17(12-15)29-16-9-5-4-6-10-16/h4-13H,14H2,1-3H3,(H,24,28)(H2,23,25,26,27)/b22-13-. The molecule has 3 rings (SSSR count). The Labute approximate surface area is 179 Å². The molecule has 1 aromatic heterocycles. The molecule has 1 heterocycles. The van der Waals surface area contributed by atoms with E-state index in [0.29, 0.717) is 11.1 Å². The number of hydrogen-bond donors (Lipinski definition) is 3. The molecule has 1 amide bonds. The third kappa shape index (κ3) is 7.25. The van der Waals surface area contributed by atoms with Crippen LogP contribution >= 0.6 is 11.8 Å². The number of anilines is 1. The number of nitrogens with one attached hydrogen (secondary N) is 3. The van der Waals surface area contributed by atoms with Gasteiger partial charge in [0.1, 0.15) is 11.5 Å². The fourth-order valence-electron chi connectivity index (χ4n) is 2.40. The van der Waals surface area contributed by atoms with Crippen LogP contribution in [-0.4, -0.2) is 38.6 Å². The number of nitrogens with zero attached hydrogens (tertiary/aromatic N) is 3. The Balaban J connectivity index is 1.50. The van der Waals surface area contributed by atoms with Crippen LogP contribution in [0.4, 0.5) is 5.95 Å². The normalized spacial score (nSPS) is 11.4. The van der Waals surface area contributed by atoms with Crippen LogP contribution in [0.15, 0.2) is 64.9 Å². The van der Waals surface area contributed by atoms with Gasteiger partial charge in [-0.2, -0.15) is 10.1 Å². The van der Waals surface area contributed by atoms with Crippen molar-refractivity contribution in [1.29, 1.82) is 0 Å². The molecule has 8 nitrogen and oxygen atoms in total. The van der Waals surface area contributed by atoms with Crippen molar-refractivity contribution in [2.24, 2.45) is 5.10 Å². The zero-order valence-corrected chi connectivity index (χ0v) is 17.9. The van der Waals surface area contributed by atoms with Gasteiger partial charge in [-0.3, -0.25) is 4.79 Å². The average Bonchev–Trinajstić information content (AvgIpc) is 3.14. The number of carbonyl (C=O) groups excluding carboxylic acids is 1. The molecule has 3 aromatic rings. The van der Waals surface area contributed by atoms with Crippen LogP contribution in [0.2, 0.25) is 0 Å². The molecular formula is C21H24N6O2S. The Morgan fingerprint density at radius 2 is 1.93 bits per heavy atom. The highest BCUT2D eigenvalue weighted by Gasteiger charge is 2.14. The number of hydrogen-bond acceptors (Lipinski definition) is 7. The maximum absolute atomic E-state index is 11.9. The Morgan fingerprint density at radius 1 is 1.17 bits per heavy atom. The molecule has 9 heteroatoms. The first kappa shape index (κ1) is 21.4. The number of ether oxygens (including phenoxy) is 1. The lowest BCUT2D eigenvalue weighted by Crippen LogP contribution is -2.41. The zero-order valence-electron chi connectivity index (χ0n) is 17.0. The van der Waals surface area contributed by atoms with Gasteiger partial charge in [-0.05, 0) is 50.6 Å². The molecule has 3 N–H and O–H groups in total. The minimum Gasteiger partial charge on any atom is -0.457 e. The molecule has 0 aliphatic heterocycles. The first-order valence-electron chi connectivity index (χ1n) is 9.36. The number of hydrazone groups is 1. The van der Waals surface area contributed by atoms with E-state index in [9.17, 15) is 4.79 Å². The first-order valence-corrected chi connectivity index (χ1v) is 10.3. The molecule has 0 unspecified atom stereocenters. The average molecular weight is 425 g/mol. The van der Waals surface area contributed by atoms with Crippen molar-refractivity contribution in [2.75, 3.05) is 11.2 Å². The summed E-state index contributed by atoms with van der Waals surface area (Å²) in [5.74, 6) is 2.06. The van der Waals surface area contributed by atoms with Gasteiger partial charge < -0.3 is 10.1 Å². The largest absolute Gasteiger partial charge is 0.457 e. The van der Waals surface area contributed by atoms with E-state index < -0.39 is 0 Å². The van der Waals surface area contributed by atoms with Crippen molar-refractivity contribution < 1.29 is 9.53 Å². The summed E-state index contributed by atoms with van der Waals surface area (Å²) in [6.07, 6.45) is 1.66. The number of aromatic amines is 1. The monoisotopic (exact) mass is 424 g/mol. The van der Waals surface area contributed by atoms with E-state index in [2.05, 4.69) is 31.0 Å². The van der Waals surface area contributed by atoms with Crippen molar-refractivity contribution in [3.63, 3.8) is 0 Å². The lowest BCUT2D eigenvalue weighted by Gasteiger charge is -2.19. The quantitative estimate of drug-likeness (QED) is 0.286. The number of para-hydroxylation sites is 1. The molecule has 0 spiro atoms. The Hall–Kier alpha value is -3.33. The molecule has 0 radical (unpaired) electrons. The van der Waals surface area contributed by atoms with E-state index in [-0.39, 0.29) is 17.2 Å². The molecule has 0 saturated heterocycles. The van der Waals surface area contributed by atoms with Crippen LogP contribution < -0.4 is 15.5 Å². The number of carbonyl (C=O) groups is 1. The third-order valence-corrected chi connectivity index (χ3v) is 4.38. The van der Waals surface area contributed by atoms with Crippen molar-refractivity contribution in [1.82, 2.24) is 20.5 Å². The highest BCUT2D eigenvalue weighted by atomic mass is 32.2. The summed E-state index contributed by atoms with van der Waals surface area (Å²) in [6, 6.07) is 17.2. The predicted molar refractivity (Wildman–Crippen MR) is 119 cm³/mol. The fraction of sp³-hybridized carbons (Fsp3) is 0.238. The van der Waals surface area contributed by atoms with E-state index in [1.165, 1.54) is 11.8 Å². The SMILES string of the molecule is CC(C)(C)NC(=O)CSc1n[nH]c(N/N=C\c2cccc(Oc3ccccc3)c2)n1. The molecule has 30 heavy (non-hydrogen) atoms. The summed E-state index contributed by atoms with van der Waals surface area (Å²) < 4.78 is 5.82. The number of benzene rings is 2. The first-order chi connectivity index (χ1) is 14.4. The number of H-pyrrole nitrogens is 1. The molecule has 0 saturated carbocycles. The maximum atomic E-state index is 11.9. The number of aromatic nitrogens is 3. The fourth-order valence-corrected chi connectivity index (χ4v) is 2.99. The van der Waals surface area contributed by atoms with Crippen LogP contribution in [0.1, 0.15) is 26.3 Å². The zero-order chi connectivity index (χ0) is 21.4. The van der Waals surface area contributed by atoms with Crippen molar-refractivity contribution in [3.8, 4) is 11.5 Å². The molecule has 0 aliphatic carbocycles. The number of thioether (sulfide) groups is 1. The summed E-state index contributed by atoms with van der Waals surface area (Å²) in [7, 11) is 0. The van der Waals surface area contributed by atoms with Gasteiger partial charge in [0.15, 0.2) is 0 Å². The molecule has 0 fully saturated rings. The highest BCUT2D eigenvalue weighted by Crippen LogP contribution is 2.21. The van der Waals surface area contributed by atoms with Gasteiger partial charge in [0, 0.05) is 5.54 Å². The smallest absolute Gasteiger partial charge is 0.240 e. The second-order valence-corrected chi connectivity index (χ2v) is 8.35. The highest BCUT2D eigenvalue weighted by molar-refractivity contribution is 7.99. The third-order valence-electron chi connectivity index (χ3n) is 3.53. The van der Waals surface area contributed by atoms with Gasteiger partial charge in [0.2, 0.25) is 17.0 Å². The second-order valence-electron chi connectivity index (χ2n) is 7.41. The summed E-state index contributed by atoms with van der Waals surface area (Å²) in [6.45, 7) is 5.81. The maximum Gasteiger partial charge on any atom is 0.240 e. The number of rotatable bonds is 8. The van der Waals surface area contributed by atoms with E-state index in [1.54, 1.807) is 6.21 Å². The van der Waals surface area contributed by atoms with Crippen LogP contribution in [0.5, 0.6) is 11.5 Å². The summed E-state index contributed by atoms with van der Waals surface area (Å²) in [5, 5.41) is 14.3. The molecule has 156 valence electrons. The lowest BCUT2D eigenvalue weighted by molar-refractivity contribution is -0.119. The Bertz CT molecular complexity index is 998. The minimum absolute atomic E-state index is 0.0672. The van der Waals surface area contributed by atoms with Gasteiger partial charge in [0.25, 0.3) is 0 Å². The summed E-state index contributed by atoms with van der Waals surface area (Å²) >= 11 is 1.25. The Morgan fingerprint density at radius 3 is 2.70 bits per heavy atom. The van der Waals surface area contributed by atoms with Gasteiger partial charge >= 0.3 is 0 Å². The molecule has 0 bridgehead atoms. The van der Waals surface area contributed by atoms with E-state index in [1.807, 2.05) is 75.4 Å². The van der Waals surface area contributed by atoms with Crippen LogP contribution in [0.3, 0.4) is 0 Å². The summed E-state index contributed by atoms with van der Waals surface area (Å²) in [5.41, 5.74) is 3.40.